The SMILES string of the molecule is C#CCNC(=O)c1ccc(N2CCC(Nc3cccc(C)c3)CC2)nc1. The van der Waals surface area contributed by atoms with E-state index in [1.165, 1.54) is 11.3 Å². The smallest absolute Gasteiger partial charge is 0.253 e. The summed E-state index contributed by atoms with van der Waals surface area (Å²) < 4.78 is 0. The number of rotatable bonds is 5. The van der Waals surface area contributed by atoms with Crippen LogP contribution in [0.2, 0.25) is 0 Å². The lowest BCUT2D eigenvalue weighted by molar-refractivity contribution is 0.0958. The van der Waals surface area contributed by atoms with Crippen LogP contribution in [-0.4, -0.2) is 36.6 Å². The third-order valence-electron chi connectivity index (χ3n) is 4.57. The molecule has 1 aromatic carbocycles. The second-order valence-electron chi connectivity index (χ2n) is 6.57. The first-order valence-corrected chi connectivity index (χ1v) is 8.91. The Balaban J connectivity index is 1.53. The number of anilines is 2. The molecule has 0 bridgehead atoms. The van der Waals surface area contributed by atoms with Crippen LogP contribution >= 0.6 is 0 Å². The van der Waals surface area contributed by atoms with E-state index in [1.54, 1.807) is 12.3 Å². The minimum atomic E-state index is -0.192. The van der Waals surface area contributed by atoms with Crippen molar-refractivity contribution in [3.05, 3.63) is 53.7 Å². The van der Waals surface area contributed by atoms with Gasteiger partial charge in [0.25, 0.3) is 5.91 Å². The molecule has 5 nitrogen and oxygen atoms in total. The van der Waals surface area contributed by atoms with E-state index in [0.29, 0.717) is 11.6 Å². The van der Waals surface area contributed by atoms with E-state index in [0.717, 1.165) is 31.7 Å². The van der Waals surface area contributed by atoms with Crippen LogP contribution in [0.15, 0.2) is 42.6 Å². The van der Waals surface area contributed by atoms with E-state index in [9.17, 15) is 4.79 Å². The molecule has 0 spiro atoms. The Morgan fingerprint density at radius 1 is 1.31 bits per heavy atom. The van der Waals surface area contributed by atoms with E-state index >= 15 is 0 Å². The average molecular weight is 348 g/mol. The number of hydrogen-bond acceptors (Lipinski definition) is 4. The number of piperidine rings is 1. The van der Waals surface area contributed by atoms with Gasteiger partial charge in [0.1, 0.15) is 5.82 Å². The van der Waals surface area contributed by atoms with Crippen LogP contribution in [0, 0.1) is 19.3 Å². The van der Waals surface area contributed by atoms with Gasteiger partial charge in [0.05, 0.1) is 12.1 Å². The lowest BCUT2D eigenvalue weighted by atomic mass is 10.0. The summed E-state index contributed by atoms with van der Waals surface area (Å²) in [6, 6.07) is 12.7. The van der Waals surface area contributed by atoms with Gasteiger partial charge in [-0.2, -0.15) is 0 Å². The minimum Gasteiger partial charge on any atom is -0.382 e. The first-order chi connectivity index (χ1) is 12.7. The Labute approximate surface area is 154 Å². The number of nitrogens with one attached hydrogen (secondary N) is 2. The highest BCUT2D eigenvalue weighted by molar-refractivity contribution is 5.94. The molecule has 134 valence electrons. The fraction of sp³-hybridized carbons (Fsp3) is 0.333. The van der Waals surface area contributed by atoms with Gasteiger partial charge >= 0.3 is 0 Å². The summed E-state index contributed by atoms with van der Waals surface area (Å²) in [6.45, 7) is 4.22. The van der Waals surface area contributed by atoms with Crippen molar-refractivity contribution in [2.45, 2.75) is 25.8 Å². The number of carbonyl (C=O) groups excluding carboxylic acids is 1. The van der Waals surface area contributed by atoms with Crippen molar-refractivity contribution >= 4 is 17.4 Å². The molecule has 1 saturated heterocycles. The van der Waals surface area contributed by atoms with Crippen molar-refractivity contribution in [1.82, 2.24) is 10.3 Å². The highest BCUT2D eigenvalue weighted by Crippen LogP contribution is 2.21. The number of amides is 1. The Morgan fingerprint density at radius 3 is 2.77 bits per heavy atom. The summed E-state index contributed by atoms with van der Waals surface area (Å²) in [5, 5.41) is 6.26. The Hall–Kier alpha value is -3.00. The number of pyridine rings is 1. The van der Waals surface area contributed by atoms with Crippen molar-refractivity contribution < 1.29 is 4.79 Å². The summed E-state index contributed by atoms with van der Waals surface area (Å²) >= 11 is 0. The van der Waals surface area contributed by atoms with Gasteiger partial charge in [0.15, 0.2) is 0 Å². The Morgan fingerprint density at radius 2 is 2.12 bits per heavy atom. The monoisotopic (exact) mass is 348 g/mol. The van der Waals surface area contributed by atoms with Gasteiger partial charge in [-0.05, 0) is 49.6 Å². The van der Waals surface area contributed by atoms with Gasteiger partial charge in [-0.15, -0.1) is 6.42 Å². The predicted molar refractivity (Wildman–Crippen MR) is 105 cm³/mol. The molecule has 1 aliphatic rings. The second kappa shape index (κ2) is 8.39. The van der Waals surface area contributed by atoms with Crippen molar-refractivity contribution in [2.75, 3.05) is 29.9 Å². The molecule has 3 rings (SSSR count). The van der Waals surface area contributed by atoms with Crippen molar-refractivity contribution in [2.24, 2.45) is 0 Å². The van der Waals surface area contributed by atoms with Crippen LogP contribution in [-0.2, 0) is 0 Å². The summed E-state index contributed by atoms with van der Waals surface area (Å²) in [7, 11) is 0. The zero-order valence-corrected chi connectivity index (χ0v) is 15.0. The maximum Gasteiger partial charge on any atom is 0.253 e. The number of terminal acetylenes is 1. The molecule has 1 aliphatic heterocycles. The average Bonchev–Trinajstić information content (AvgIpc) is 2.67. The topological polar surface area (TPSA) is 57.3 Å². The summed E-state index contributed by atoms with van der Waals surface area (Å²) in [5.74, 6) is 3.11. The molecular formula is C21H24N4O. The quantitative estimate of drug-likeness (QED) is 0.816. The molecule has 1 fully saturated rings. The number of aryl methyl sites for hydroxylation is 1. The zero-order valence-electron chi connectivity index (χ0n) is 15.0. The molecule has 1 aromatic heterocycles. The van der Waals surface area contributed by atoms with Gasteiger partial charge in [-0.1, -0.05) is 18.1 Å². The first-order valence-electron chi connectivity index (χ1n) is 8.91. The fourth-order valence-corrected chi connectivity index (χ4v) is 3.16. The van der Waals surface area contributed by atoms with Crippen LogP contribution < -0.4 is 15.5 Å². The first kappa shape index (κ1) is 17.8. The molecule has 5 heteroatoms. The third kappa shape index (κ3) is 4.54. The van der Waals surface area contributed by atoms with E-state index in [4.69, 9.17) is 6.42 Å². The minimum absolute atomic E-state index is 0.192. The zero-order chi connectivity index (χ0) is 18.4. The summed E-state index contributed by atoms with van der Waals surface area (Å²) in [4.78, 5) is 18.6. The molecule has 0 unspecified atom stereocenters. The van der Waals surface area contributed by atoms with Crippen LogP contribution in [0.25, 0.3) is 0 Å². The van der Waals surface area contributed by atoms with Crippen LogP contribution in [0.3, 0.4) is 0 Å². The summed E-state index contributed by atoms with van der Waals surface area (Å²) in [5.41, 5.74) is 2.98. The van der Waals surface area contributed by atoms with Crippen LogP contribution in [0.4, 0.5) is 11.5 Å². The number of benzene rings is 1. The normalized spacial score (nSPS) is 14.5. The Bertz CT molecular complexity index is 786. The maximum absolute atomic E-state index is 11.9. The largest absolute Gasteiger partial charge is 0.382 e. The van der Waals surface area contributed by atoms with E-state index < -0.39 is 0 Å². The Kier molecular flexibility index (Phi) is 5.75. The summed E-state index contributed by atoms with van der Waals surface area (Å²) in [6.07, 6.45) is 8.87. The number of nitrogens with zero attached hydrogens (tertiary/aromatic N) is 2. The lowest BCUT2D eigenvalue weighted by Crippen LogP contribution is -2.39. The van der Waals surface area contributed by atoms with E-state index in [-0.39, 0.29) is 12.5 Å². The molecular weight excluding hydrogens is 324 g/mol. The molecule has 0 aliphatic carbocycles. The molecule has 2 aromatic rings. The van der Waals surface area contributed by atoms with Crippen molar-refractivity contribution in [1.29, 1.82) is 0 Å². The van der Waals surface area contributed by atoms with Crippen LogP contribution in [0.5, 0.6) is 0 Å². The molecule has 2 N–H and O–H groups in total. The second-order valence-corrected chi connectivity index (χ2v) is 6.57. The predicted octanol–water partition coefficient (Wildman–Crippen LogP) is 2.83. The highest BCUT2D eigenvalue weighted by atomic mass is 16.1. The third-order valence-corrected chi connectivity index (χ3v) is 4.57. The number of aromatic nitrogens is 1. The highest BCUT2D eigenvalue weighted by Gasteiger charge is 2.20. The molecule has 0 radical (unpaired) electrons. The maximum atomic E-state index is 11.9. The van der Waals surface area contributed by atoms with Gasteiger partial charge in [-0.3, -0.25) is 4.79 Å². The van der Waals surface area contributed by atoms with Gasteiger partial charge < -0.3 is 15.5 Å². The molecule has 0 atom stereocenters. The fourth-order valence-electron chi connectivity index (χ4n) is 3.16. The van der Waals surface area contributed by atoms with Gasteiger partial charge in [0, 0.05) is 31.0 Å². The van der Waals surface area contributed by atoms with Crippen molar-refractivity contribution in [3.8, 4) is 12.3 Å². The number of hydrogen-bond donors (Lipinski definition) is 2. The van der Waals surface area contributed by atoms with Crippen LogP contribution in [0.1, 0.15) is 28.8 Å². The standard InChI is InChI=1S/C21H24N4O/c1-3-11-22-21(26)17-7-8-20(23-15-17)25-12-9-18(10-13-25)24-19-6-4-5-16(2)14-19/h1,4-8,14-15,18,24H,9-13H2,2H3,(H,22,26). The number of carbonyl (C=O) groups is 1. The van der Waals surface area contributed by atoms with Gasteiger partial charge in [-0.25, -0.2) is 4.98 Å². The van der Waals surface area contributed by atoms with E-state index in [2.05, 4.69) is 57.6 Å². The molecule has 2 heterocycles. The van der Waals surface area contributed by atoms with Crippen molar-refractivity contribution in [3.63, 3.8) is 0 Å². The lowest BCUT2D eigenvalue weighted by Gasteiger charge is -2.33. The molecule has 0 saturated carbocycles. The molecule has 1 amide bonds. The van der Waals surface area contributed by atoms with E-state index in [1.807, 2.05) is 6.07 Å². The molecule has 26 heavy (non-hydrogen) atoms. The van der Waals surface area contributed by atoms with Gasteiger partial charge in [0.2, 0.25) is 0 Å².